The van der Waals surface area contributed by atoms with E-state index >= 15 is 0 Å². The molecule has 0 aliphatic heterocycles. The molecule has 0 saturated heterocycles. The van der Waals surface area contributed by atoms with E-state index in [0.717, 1.165) is 30.6 Å². The standard InChI is InChI=1S/C22H29N3O2.ClH/c1-3-13-23-14-15-24-21(26)16-20(18-7-5-4-6-8-18)25-22(27)19-11-9-17(2)10-12-19;/h4-12,20,23H,3,13-16H2,1-2H3,(H,24,26)(H,25,27);1H. The van der Waals surface area contributed by atoms with Crippen LogP contribution in [0.3, 0.4) is 0 Å². The summed E-state index contributed by atoms with van der Waals surface area (Å²) in [5.74, 6) is -0.257. The zero-order chi connectivity index (χ0) is 19.5. The minimum Gasteiger partial charge on any atom is -0.355 e. The molecule has 152 valence electrons. The third kappa shape index (κ3) is 8.11. The molecule has 0 radical (unpaired) electrons. The molecule has 0 aromatic heterocycles. The summed E-state index contributed by atoms with van der Waals surface area (Å²) in [6.45, 7) is 6.34. The van der Waals surface area contributed by atoms with Gasteiger partial charge in [0.25, 0.3) is 5.91 Å². The van der Waals surface area contributed by atoms with Crippen molar-refractivity contribution >= 4 is 24.2 Å². The lowest BCUT2D eigenvalue weighted by Gasteiger charge is -2.19. The van der Waals surface area contributed by atoms with E-state index in [9.17, 15) is 9.59 Å². The quantitative estimate of drug-likeness (QED) is 0.532. The van der Waals surface area contributed by atoms with E-state index in [-0.39, 0.29) is 36.7 Å². The maximum absolute atomic E-state index is 12.6. The molecule has 2 amide bonds. The van der Waals surface area contributed by atoms with Crippen molar-refractivity contribution in [2.75, 3.05) is 19.6 Å². The Labute approximate surface area is 173 Å². The number of hydrogen-bond acceptors (Lipinski definition) is 3. The second-order valence-electron chi connectivity index (χ2n) is 6.61. The van der Waals surface area contributed by atoms with Crippen molar-refractivity contribution in [2.45, 2.75) is 32.7 Å². The van der Waals surface area contributed by atoms with Gasteiger partial charge in [-0.05, 0) is 37.6 Å². The lowest BCUT2D eigenvalue weighted by atomic mass is 10.0. The van der Waals surface area contributed by atoms with Crippen molar-refractivity contribution in [3.05, 3.63) is 71.3 Å². The van der Waals surface area contributed by atoms with Gasteiger partial charge >= 0.3 is 0 Å². The summed E-state index contributed by atoms with van der Waals surface area (Å²) in [7, 11) is 0. The summed E-state index contributed by atoms with van der Waals surface area (Å²) in [6, 6.07) is 16.6. The molecular formula is C22H30ClN3O2. The maximum atomic E-state index is 12.6. The van der Waals surface area contributed by atoms with Crippen LogP contribution >= 0.6 is 12.4 Å². The number of nitrogens with one attached hydrogen (secondary N) is 3. The van der Waals surface area contributed by atoms with Crippen LogP contribution in [0.5, 0.6) is 0 Å². The Kier molecular flexibility index (Phi) is 10.9. The predicted molar refractivity (Wildman–Crippen MR) is 116 cm³/mol. The van der Waals surface area contributed by atoms with Gasteiger partial charge in [0.2, 0.25) is 5.91 Å². The van der Waals surface area contributed by atoms with Crippen molar-refractivity contribution in [3.8, 4) is 0 Å². The first-order chi connectivity index (χ1) is 13.1. The predicted octanol–water partition coefficient (Wildman–Crippen LogP) is 3.39. The zero-order valence-electron chi connectivity index (χ0n) is 16.5. The Morgan fingerprint density at radius 3 is 2.25 bits per heavy atom. The number of carbonyl (C=O) groups excluding carboxylic acids is 2. The average Bonchev–Trinajstić information content (AvgIpc) is 2.68. The van der Waals surface area contributed by atoms with Crippen molar-refractivity contribution in [1.29, 1.82) is 0 Å². The summed E-state index contributed by atoms with van der Waals surface area (Å²) in [4.78, 5) is 24.9. The van der Waals surface area contributed by atoms with Crippen LogP contribution in [-0.2, 0) is 4.79 Å². The van der Waals surface area contributed by atoms with E-state index in [1.54, 1.807) is 12.1 Å². The molecule has 0 spiro atoms. The molecule has 3 N–H and O–H groups in total. The van der Waals surface area contributed by atoms with Gasteiger partial charge in [-0.3, -0.25) is 9.59 Å². The van der Waals surface area contributed by atoms with Crippen molar-refractivity contribution in [3.63, 3.8) is 0 Å². The smallest absolute Gasteiger partial charge is 0.251 e. The maximum Gasteiger partial charge on any atom is 0.251 e. The Morgan fingerprint density at radius 2 is 1.61 bits per heavy atom. The number of aryl methyl sites for hydroxylation is 1. The number of carbonyl (C=O) groups is 2. The molecule has 6 heteroatoms. The number of amides is 2. The molecule has 2 aromatic rings. The number of rotatable bonds is 10. The van der Waals surface area contributed by atoms with Gasteiger partial charge < -0.3 is 16.0 Å². The van der Waals surface area contributed by atoms with Crippen LogP contribution in [-0.4, -0.2) is 31.4 Å². The van der Waals surface area contributed by atoms with E-state index in [1.165, 1.54) is 0 Å². The number of halogens is 1. The minimum atomic E-state index is -0.372. The fourth-order valence-electron chi connectivity index (χ4n) is 2.73. The highest BCUT2D eigenvalue weighted by Gasteiger charge is 2.19. The molecule has 28 heavy (non-hydrogen) atoms. The molecule has 0 bridgehead atoms. The first-order valence-electron chi connectivity index (χ1n) is 9.50. The van der Waals surface area contributed by atoms with Gasteiger partial charge in [-0.15, -0.1) is 12.4 Å². The second-order valence-corrected chi connectivity index (χ2v) is 6.61. The molecule has 5 nitrogen and oxygen atoms in total. The molecule has 0 aliphatic rings. The van der Waals surface area contributed by atoms with Gasteiger partial charge in [-0.25, -0.2) is 0 Å². The van der Waals surface area contributed by atoms with Gasteiger partial charge in [0.1, 0.15) is 0 Å². The summed E-state index contributed by atoms with van der Waals surface area (Å²) in [5.41, 5.74) is 2.60. The summed E-state index contributed by atoms with van der Waals surface area (Å²) >= 11 is 0. The summed E-state index contributed by atoms with van der Waals surface area (Å²) in [6.07, 6.45) is 1.27. The minimum absolute atomic E-state index is 0. The van der Waals surface area contributed by atoms with Crippen molar-refractivity contribution in [1.82, 2.24) is 16.0 Å². The molecule has 1 atom stereocenters. The normalized spacial score (nSPS) is 11.2. The Bertz CT molecular complexity index is 720. The first kappa shape index (κ1) is 23.7. The number of hydrogen-bond donors (Lipinski definition) is 3. The largest absolute Gasteiger partial charge is 0.355 e. The van der Waals surface area contributed by atoms with E-state index in [0.29, 0.717) is 12.1 Å². The fourth-order valence-corrected chi connectivity index (χ4v) is 2.73. The Hall–Kier alpha value is -2.37. The highest BCUT2D eigenvalue weighted by Crippen LogP contribution is 2.17. The van der Waals surface area contributed by atoms with Gasteiger partial charge in [0.15, 0.2) is 0 Å². The van der Waals surface area contributed by atoms with E-state index in [2.05, 4.69) is 22.9 Å². The third-order valence-corrected chi connectivity index (χ3v) is 4.26. The van der Waals surface area contributed by atoms with Crippen LogP contribution in [0.25, 0.3) is 0 Å². The Morgan fingerprint density at radius 1 is 0.929 bits per heavy atom. The summed E-state index contributed by atoms with van der Waals surface area (Å²) < 4.78 is 0. The van der Waals surface area contributed by atoms with E-state index < -0.39 is 0 Å². The van der Waals surface area contributed by atoms with Gasteiger partial charge in [0, 0.05) is 18.7 Å². The van der Waals surface area contributed by atoms with Gasteiger partial charge in [-0.1, -0.05) is 55.0 Å². The van der Waals surface area contributed by atoms with E-state index in [4.69, 9.17) is 0 Å². The molecule has 0 heterocycles. The van der Waals surface area contributed by atoms with Crippen LogP contribution in [0.4, 0.5) is 0 Å². The lowest BCUT2D eigenvalue weighted by molar-refractivity contribution is -0.121. The van der Waals surface area contributed by atoms with Gasteiger partial charge in [0.05, 0.1) is 12.5 Å². The monoisotopic (exact) mass is 403 g/mol. The van der Waals surface area contributed by atoms with Gasteiger partial charge in [-0.2, -0.15) is 0 Å². The third-order valence-electron chi connectivity index (χ3n) is 4.26. The molecule has 0 saturated carbocycles. The van der Waals surface area contributed by atoms with Crippen LogP contribution < -0.4 is 16.0 Å². The highest BCUT2D eigenvalue weighted by molar-refractivity contribution is 5.94. The molecule has 2 rings (SSSR count). The SMILES string of the molecule is CCCNCCNC(=O)CC(NC(=O)c1ccc(C)cc1)c1ccccc1.Cl. The van der Waals surface area contributed by atoms with E-state index in [1.807, 2.05) is 49.4 Å². The highest BCUT2D eigenvalue weighted by atomic mass is 35.5. The first-order valence-corrected chi connectivity index (χ1v) is 9.50. The average molecular weight is 404 g/mol. The van der Waals surface area contributed by atoms with Crippen molar-refractivity contribution < 1.29 is 9.59 Å². The molecular weight excluding hydrogens is 374 g/mol. The number of benzene rings is 2. The molecule has 2 aromatic carbocycles. The molecule has 0 fully saturated rings. The lowest BCUT2D eigenvalue weighted by Crippen LogP contribution is -2.36. The van der Waals surface area contributed by atoms with Crippen LogP contribution in [0.1, 0.15) is 47.3 Å². The zero-order valence-corrected chi connectivity index (χ0v) is 17.4. The topological polar surface area (TPSA) is 70.2 Å². The second kappa shape index (κ2) is 12.9. The van der Waals surface area contributed by atoms with Crippen molar-refractivity contribution in [2.24, 2.45) is 0 Å². The Balaban J connectivity index is 0.00000392. The molecule has 0 aliphatic carbocycles. The van der Waals surface area contributed by atoms with Crippen LogP contribution in [0, 0.1) is 6.92 Å². The van der Waals surface area contributed by atoms with Crippen LogP contribution in [0.2, 0.25) is 0 Å². The fraction of sp³-hybridized carbons (Fsp3) is 0.364. The van der Waals surface area contributed by atoms with Crippen LogP contribution in [0.15, 0.2) is 54.6 Å². The molecule has 1 unspecified atom stereocenters. The summed E-state index contributed by atoms with van der Waals surface area (Å²) in [5, 5.41) is 9.15.